The molecule has 4 nitrogen and oxygen atoms in total. The van der Waals surface area contributed by atoms with Crippen LogP contribution in [-0.4, -0.2) is 28.4 Å². The number of aliphatic hydroxyl groups is 1. The molecule has 2 aromatic rings. The average Bonchev–Trinajstić information content (AvgIpc) is 2.86. The molecular weight excluding hydrogens is 228 g/mol. The zero-order valence-corrected chi connectivity index (χ0v) is 10.9. The predicted molar refractivity (Wildman–Crippen MR) is 70.7 cm³/mol. The molecule has 0 saturated heterocycles. The van der Waals surface area contributed by atoms with Gasteiger partial charge in [0, 0.05) is 12.4 Å². The molecule has 4 heteroatoms. The summed E-state index contributed by atoms with van der Waals surface area (Å²) >= 11 is 0. The maximum atomic E-state index is 9.27. The van der Waals surface area contributed by atoms with Gasteiger partial charge in [-0.1, -0.05) is 6.07 Å². The highest BCUT2D eigenvalue weighted by Gasteiger charge is 2.14. The summed E-state index contributed by atoms with van der Waals surface area (Å²) in [5, 5.41) is 9.27. The normalized spacial score (nSPS) is 12.4. The summed E-state index contributed by atoms with van der Waals surface area (Å²) in [6.07, 6.45) is 3.61. The summed E-state index contributed by atoms with van der Waals surface area (Å²) in [7, 11) is 1.65. The molecule has 0 aliphatic heterocycles. The summed E-state index contributed by atoms with van der Waals surface area (Å²) < 4.78 is 7.35. The molecule has 1 unspecified atom stereocenters. The zero-order valence-electron chi connectivity index (χ0n) is 10.9. The lowest BCUT2D eigenvalue weighted by Crippen LogP contribution is -2.10. The topological polar surface area (TPSA) is 47.3 Å². The Morgan fingerprint density at radius 2 is 2.22 bits per heavy atom. The van der Waals surface area contributed by atoms with Crippen molar-refractivity contribution in [3.05, 3.63) is 36.2 Å². The number of aliphatic hydroxyl groups excluding tert-OH is 1. The third-order valence-corrected chi connectivity index (χ3v) is 3.01. The second-order valence-electron chi connectivity index (χ2n) is 4.39. The molecule has 0 amide bonds. The van der Waals surface area contributed by atoms with Crippen LogP contribution in [0.3, 0.4) is 0 Å². The molecule has 1 atom stereocenters. The van der Waals surface area contributed by atoms with E-state index in [1.807, 2.05) is 42.8 Å². The molecule has 0 fully saturated rings. The summed E-state index contributed by atoms with van der Waals surface area (Å²) in [6, 6.07) is 6.00. The summed E-state index contributed by atoms with van der Waals surface area (Å²) in [4.78, 5) is 4.37. The van der Waals surface area contributed by atoms with Crippen LogP contribution in [-0.2, 0) is 0 Å². The van der Waals surface area contributed by atoms with E-state index < -0.39 is 0 Å². The number of nitrogens with zero attached hydrogens (tertiary/aromatic N) is 2. The fourth-order valence-electron chi connectivity index (χ4n) is 1.95. The van der Waals surface area contributed by atoms with Crippen molar-refractivity contribution in [1.82, 2.24) is 9.55 Å². The molecule has 0 aliphatic carbocycles. The highest BCUT2D eigenvalue weighted by Crippen LogP contribution is 2.30. The van der Waals surface area contributed by atoms with Crippen molar-refractivity contribution in [2.24, 2.45) is 0 Å². The molecule has 96 valence electrons. The van der Waals surface area contributed by atoms with Crippen molar-refractivity contribution in [2.75, 3.05) is 13.7 Å². The van der Waals surface area contributed by atoms with Crippen LogP contribution in [0.25, 0.3) is 11.4 Å². The minimum atomic E-state index is -0.00601. The molecule has 0 bridgehead atoms. The van der Waals surface area contributed by atoms with Crippen LogP contribution >= 0.6 is 0 Å². The van der Waals surface area contributed by atoms with E-state index in [1.165, 1.54) is 0 Å². The smallest absolute Gasteiger partial charge is 0.143 e. The van der Waals surface area contributed by atoms with Gasteiger partial charge in [-0.15, -0.1) is 0 Å². The van der Waals surface area contributed by atoms with Gasteiger partial charge in [0.05, 0.1) is 25.3 Å². The number of benzene rings is 1. The van der Waals surface area contributed by atoms with Crippen molar-refractivity contribution < 1.29 is 9.84 Å². The SMILES string of the molecule is COc1cc(C)ccc1-c1nccn1C(C)CO. The van der Waals surface area contributed by atoms with Gasteiger partial charge in [-0.2, -0.15) is 0 Å². The van der Waals surface area contributed by atoms with E-state index in [4.69, 9.17) is 4.74 Å². The minimum Gasteiger partial charge on any atom is -0.496 e. The van der Waals surface area contributed by atoms with E-state index in [-0.39, 0.29) is 12.6 Å². The Hall–Kier alpha value is -1.81. The molecule has 0 saturated carbocycles. The summed E-state index contributed by atoms with van der Waals surface area (Å²) in [6.45, 7) is 4.05. The molecule has 1 aromatic heterocycles. The molecule has 2 rings (SSSR count). The van der Waals surface area contributed by atoms with Crippen LogP contribution in [0.1, 0.15) is 18.5 Å². The highest BCUT2D eigenvalue weighted by molar-refractivity contribution is 5.65. The molecule has 1 N–H and O–H groups in total. The Bertz CT molecular complexity index is 534. The van der Waals surface area contributed by atoms with Crippen LogP contribution in [0.2, 0.25) is 0 Å². The van der Waals surface area contributed by atoms with Crippen LogP contribution in [0.4, 0.5) is 0 Å². The first-order valence-corrected chi connectivity index (χ1v) is 5.96. The molecule has 1 aromatic carbocycles. The molecule has 0 spiro atoms. The Labute approximate surface area is 107 Å². The van der Waals surface area contributed by atoms with E-state index in [0.717, 1.165) is 22.7 Å². The van der Waals surface area contributed by atoms with E-state index in [2.05, 4.69) is 4.98 Å². The lowest BCUT2D eigenvalue weighted by Gasteiger charge is -2.15. The molecule has 0 radical (unpaired) electrons. The Morgan fingerprint density at radius 1 is 1.44 bits per heavy atom. The highest BCUT2D eigenvalue weighted by atomic mass is 16.5. The zero-order chi connectivity index (χ0) is 13.1. The van der Waals surface area contributed by atoms with Gasteiger partial charge in [0.1, 0.15) is 11.6 Å². The Kier molecular flexibility index (Phi) is 3.67. The monoisotopic (exact) mass is 246 g/mol. The van der Waals surface area contributed by atoms with E-state index in [9.17, 15) is 5.11 Å². The summed E-state index contributed by atoms with van der Waals surface area (Å²) in [5.41, 5.74) is 2.08. The van der Waals surface area contributed by atoms with Crippen LogP contribution in [0, 0.1) is 6.92 Å². The third-order valence-electron chi connectivity index (χ3n) is 3.01. The van der Waals surface area contributed by atoms with Crippen molar-refractivity contribution in [1.29, 1.82) is 0 Å². The van der Waals surface area contributed by atoms with Gasteiger partial charge in [0.15, 0.2) is 0 Å². The lowest BCUT2D eigenvalue weighted by molar-refractivity contribution is 0.239. The first-order valence-electron chi connectivity index (χ1n) is 5.96. The van der Waals surface area contributed by atoms with Gasteiger partial charge in [0.2, 0.25) is 0 Å². The van der Waals surface area contributed by atoms with Gasteiger partial charge in [0.25, 0.3) is 0 Å². The number of methoxy groups -OCH3 is 1. The van der Waals surface area contributed by atoms with Crippen LogP contribution < -0.4 is 4.74 Å². The second kappa shape index (κ2) is 5.23. The van der Waals surface area contributed by atoms with Crippen molar-refractivity contribution >= 4 is 0 Å². The quantitative estimate of drug-likeness (QED) is 0.901. The van der Waals surface area contributed by atoms with Crippen LogP contribution in [0.5, 0.6) is 5.75 Å². The maximum absolute atomic E-state index is 9.27. The number of aromatic nitrogens is 2. The second-order valence-corrected chi connectivity index (χ2v) is 4.39. The van der Waals surface area contributed by atoms with Crippen molar-refractivity contribution in [3.8, 4) is 17.1 Å². The number of hydrogen-bond donors (Lipinski definition) is 1. The molecule has 0 aliphatic rings. The van der Waals surface area contributed by atoms with Gasteiger partial charge in [-0.3, -0.25) is 0 Å². The Morgan fingerprint density at radius 3 is 2.89 bits per heavy atom. The number of aryl methyl sites for hydroxylation is 1. The number of rotatable bonds is 4. The van der Waals surface area contributed by atoms with Gasteiger partial charge < -0.3 is 14.4 Å². The maximum Gasteiger partial charge on any atom is 0.143 e. The number of imidazole rings is 1. The minimum absolute atomic E-state index is 0.00601. The van der Waals surface area contributed by atoms with Crippen molar-refractivity contribution in [3.63, 3.8) is 0 Å². The van der Waals surface area contributed by atoms with E-state index in [0.29, 0.717) is 0 Å². The first-order chi connectivity index (χ1) is 8.67. The van der Waals surface area contributed by atoms with Crippen LogP contribution in [0.15, 0.2) is 30.6 Å². The Balaban J connectivity index is 2.52. The predicted octanol–water partition coefficient (Wildman–Crippen LogP) is 2.42. The van der Waals surface area contributed by atoms with E-state index in [1.54, 1.807) is 13.3 Å². The van der Waals surface area contributed by atoms with Gasteiger partial charge in [-0.05, 0) is 31.5 Å². The van der Waals surface area contributed by atoms with Crippen molar-refractivity contribution in [2.45, 2.75) is 19.9 Å². The number of ether oxygens (including phenoxy) is 1. The molecule has 18 heavy (non-hydrogen) atoms. The lowest BCUT2D eigenvalue weighted by atomic mass is 10.1. The van der Waals surface area contributed by atoms with Gasteiger partial charge >= 0.3 is 0 Å². The fraction of sp³-hybridized carbons (Fsp3) is 0.357. The molecule has 1 heterocycles. The number of hydrogen-bond acceptors (Lipinski definition) is 3. The fourth-order valence-corrected chi connectivity index (χ4v) is 1.95. The van der Waals surface area contributed by atoms with Gasteiger partial charge in [-0.25, -0.2) is 4.98 Å². The average molecular weight is 246 g/mol. The largest absolute Gasteiger partial charge is 0.496 e. The first kappa shape index (κ1) is 12.6. The van der Waals surface area contributed by atoms with E-state index >= 15 is 0 Å². The third kappa shape index (κ3) is 2.24. The molecular formula is C14H18N2O2. The standard InChI is InChI=1S/C14H18N2O2/c1-10-4-5-12(13(8-10)18-3)14-15-6-7-16(14)11(2)9-17/h4-8,11,17H,9H2,1-3H3. The summed E-state index contributed by atoms with van der Waals surface area (Å²) in [5.74, 6) is 1.61.